The van der Waals surface area contributed by atoms with Crippen molar-refractivity contribution < 1.29 is 4.79 Å². The Morgan fingerprint density at radius 3 is 2.70 bits per heavy atom. The molecule has 0 radical (unpaired) electrons. The van der Waals surface area contributed by atoms with Gasteiger partial charge >= 0.3 is 0 Å². The van der Waals surface area contributed by atoms with Crippen LogP contribution in [-0.2, 0) is 11.2 Å². The number of thiazole rings is 1. The normalized spacial score (nSPS) is 14.1. The molecule has 0 bridgehead atoms. The number of carbonyl (C=O) groups is 1. The van der Waals surface area contributed by atoms with Gasteiger partial charge in [0.1, 0.15) is 5.01 Å². The van der Waals surface area contributed by atoms with E-state index in [2.05, 4.69) is 26.3 Å². The van der Waals surface area contributed by atoms with Gasteiger partial charge in [0.2, 0.25) is 5.91 Å². The zero-order valence-electron chi connectivity index (χ0n) is 15.1. The van der Waals surface area contributed by atoms with Gasteiger partial charge in [0, 0.05) is 24.7 Å². The molecule has 1 saturated heterocycles. The number of amides is 1. The molecular formula is C21H22N4OS. The van der Waals surface area contributed by atoms with Gasteiger partial charge in [-0.2, -0.15) is 0 Å². The van der Waals surface area contributed by atoms with Crippen molar-refractivity contribution in [3.63, 3.8) is 0 Å². The number of piperidine rings is 1. The average Bonchev–Trinajstić information content (AvgIpc) is 3.18. The first-order valence-corrected chi connectivity index (χ1v) is 10.2. The number of nitrogens with one attached hydrogen (secondary N) is 1. The molecule has 2 aromatic heterocycles. The van der Waals surface area contributed by atoms with E-state index in [9.17, 15) is 4.79 Å². The van der Waals surface area contributed by atoms with E-state index >= 15 is 0 Å². The average molecular weight is 379 g/mol. The van der Waals surface area contributed by atoms with Crippen LogP contribution in [0.4, 0.5) is 11.4 Å². The molecule has 1 fully saturated rings. The highest BCUT2D eigenvalue weighted by atomic mass is 32.1. The first kappa shape index (κ1) is 17.7. The maximum Gasteiger partial charge on any atom is 0.230 e. The highest BCUT2D eigenvalue weighted by molar-refractivity contribution is 7.13. The summed E-state index contributed by atoms with van der Waals surface area (Å²) in [6, 6.07) is 13.8. The summed E-state index contributed by atoms with van der Waals surface area (Å²) in [5, 5.41) is 5.84. The van der Waals surface area contributed by atoms with Crippen LogP contribution in [0, 0.1) is 0 Å². The molecule has 3 heterocycles. The van der Waals surface area contributed by atoms with Gasteiger partial charge in [-0.3, -0.25) is 9.78 Å². The zero-order chi connectivity index (χ0) is 18.5. The highest BCUT2D eigenvalue weighted by Gasteiger charge is 2.16. The monoisotopic (exact) mass is 378 g/mol. The minimum atomic E-state index is -0.0441. The second-order valence-electron chi connectivity index (χ2n) is 6.65. The first-order chi connectivity index (χ1) is 13.3. The number of pyridine rings is 1. The quantitative estimate of drug-likeness (QED) is 0.716. The molecule has 1 aliphatic rings. The number of carbonyl (C=O) groups excluding carboxylic acids is 1. The van der Waals surface area contributed by atoms with E-state index in [1.807, 2.05) is 41.8 Å². The topological polar surface area (TPSA) is 58.1 Å². The van der Waals surface area contributed by atoms with Gasteiger partial charge in [0.15, 0.2) is 0 Å². The van der Waals surface area contributed by atoms with E-state index in [-0.39, 0.29) is 12.3 Å². The Labute approximate surface area is 163 Å². The molecule has 0 spiro atoms. The fourth-order valence-corrected chi connectivity index (χ4v) is 4.14. The van der Waals surface area contributed by atoms with Gasteiger partial charge in [0.25, 0.3) is 0 Å². The van der Waals surface area contributed by atoms with Crippen LogP contribution < -0.4 is 10.2 Å². The van der Waals surface area contributed by atoms with E-state index in [0.717, 1.165) is 40.9 Å². The molecule has 3 aromatic rings. The fourth-order valence-electron chi connectivity index (χ4n) is 3.34. The van der Waals surface area contributed by atoms with Crippen LogP contribution in [-0.4, -0.2) is 29.0 Å². The molecule has 1 aromatic carbocycles. The van der Waals surface area contributed by atoms with Crippen LogP contribution in [0.25, 0.3) is 10.7 Å². The van der Waals surface area contributed by atoms with Gasteiger partial charge in [0.05, 0.1) is 29.2 Å². The molecular weight excluding hydrogens is 356 g/mol. The maximum absolute atomic E-state index is 12.6. The summed E-state index contributed by atoms with van der Waals surface area (Å²) >= 11 is 1.51. The lowest BCUT2D eigenvalue weighted by Crippen LogP contribution is -2.30. The Bertz CT molecular complexity index is 903. The zero-order valence-corrected chi connectivity index (χ0v) is 15.9. The van der Waals surface area contributed by atoms with Crippen LogP contribution in [0.5, 0.6) is 0 Å². The smallest absolute Gasteiger partial charge is 0.230 e. The lowest BCUT2D eigenvalue weighted by Gasteiger charge is -2.30. The summed E-state index contributed by atoms with van der Waals surface area (Å²) in [4.78, 5) is 23.8. The Balaban J connectivity index is 1.44. The predicted molar refractivity (Wildman–Crippen MR) is 110 cm³/mol. The van der Waals surface area contributed by atoms with Crippen molar-refractivity contribution in [1.29, 1.82) is 0 Å². The van der Waals surface area contributed by atoms with Gasteiger partial charge in [-0.1, -0.05) is 18.2 Å². The standard InChI is InChI=1S/C21H22N4OS/c26-20(14-16-15-27-21(23-16)18-9-4-5-11-22-18)24-17-8-2-3-10-19(17)25-12-6-1-7-13-25/h2-5,8-11,15H,1,6-7,12-14H2,(H,24,26). The Morgan fingerprint density at radius 2 is 1.89 bits per heavy atom. The van der Waals surface area contributed by atoms with E-state index in [0.29, 0.717) is 0 Å². The van der Waals surface area contributed by atoms with Crippen molar-refractivity contribution in [1.82, 2.24) is 9.97 Å². The van der Waals surface area contributed by atoms with Crippen LogP contribution in [0.15, 0.2) is 54.0 Å². The molecule has 0 aliphatic carbocycles. The number of benzene rings is 1. The minimum absolute atomic E-state index is 0.0441. The fraction of sp³-hybridized carbons (Fsp3) is 0.286. The summed E-state index contributed by atoms with van der Waals surface area (Å²) in [6.07, 6.45) is 5.71. The molecule has 1 aliphatic heterocycles. The summed E-state index contributed by atoms with van der Waals surface area (Å²) in [5.41, 5.74) is 3.60. The summed E-state index contributed by atoms with van der Waals surface area (Å²) in [6.45, 7) is 2.10. The molecule has 5 nitrogen and oxygen atoms in total. The van der Waals surface area contributed by atoms with Crippen molar-refractivity contribution in [2.24, 2.45) is 0 Å². The largest absolute Gasteiger partial charge is 0.370 e. The van der Waals surface area contributed by atoms with E-state index in [1.165, 1.54) is 30.6 Å². The van der Waals surface area contributed by atoms with Crippen molar-refractivity contribution >= 4 is 28.6 Å². The summed E-state index contributed by atoms with van der Waals surface area (Å²) in [7, 11) is 0. The third-order valence-electron chi connectivity index (χ3n) is 4.65. The third-order valence-corrected chi connectivity index (χ3v) is 5.57. The highest BCUT2D eigenvalue weighted by Crippen LogP contribution is 2.28. The lowest BCUT2D eigenvalue weighted by atomic mass is 10.1. The van der Waals surface area contributed by atoms with Crippen molar-refractivity contribution in [3.8, 4) is 10.7 Å². The number of hydrogen-bond acceptors (Lipinski definition) is 5. The molecule has 0 atom stereocenters. The molecule has 0 unspecified atom stereocenters. The molecule has 1 N–H and O–H groups in total. The number of aromatic nitrogens is 2. The van der Waals surface area contributed by atoms with E-state index in [1.54, 1.807) is 6.20 Å². The number of hydrogen-bond donors (Lipinski definition) is 1. The van der Waals surface area contributed by atoms with Crippen LogP contribution >= 0.6 is 11.3 Å². The van der Waals surface area contributed by atoms with Gasteiger partial charge in [-0.15, -0.1) is 11.3 Å². The second kappa shape index (κ2) is 8.31. The molecule has 138 valence electrons. The first-order valence-electron chi connectivity index (χ1n) is 9.29. The minimum Gasteiger partial charge on any atom is -0.370 e. The molecule has 0 saturated carbocycles. The van der Waals surface area contributed by atoms with E-state index < -0.39 is 0 Å². The molecule has 1 amide bonds. The third kappa shape index (κ3) is 4.34. The summed E-state index contributed by atoms with van der Waals surface area (Å²) < 4.78 is 0. The molecule has 4 rings (SSSR count). The van der Waals surface area contributed by atoms with Gasteiger partial charge in [-0.05, 0) is 43.5 Å². The van der Waals surface area contributed by atoms with Crippen LogP contribution in [0.1, 0.15) is 25.0 Å². The van der Waals surface area contributed by atoms with Crippen LogP contribution in [0.2, 0.25) is 0 Å². The second-order valence-corrected chi connectivity index (χ2v) is 7.51. The Kier molecular flexibility index (Phi) is 5.44. The van der Waals surface area contributed by atoms with Crippen molar-refractivity contribution in [3.05, 3.63) is 59.7 Å². The Hall–Kier alpha value is -2.73. The van der Waals surface area contributed by atoms with Gasteiger partial charge in [-0.25, -0.2) is 4.98 Å². The lowest BCUT2D eigenvalue weighted by molar-refractivity contribution is -0.115. The van der Waals surface area contributed by atoms with Gasteiger partial charge < -0.3 is 10.2 Å². The van der Waals surface area contributed by atoms with Crippen molar-refractivity contribution in [2.75, 3.05) is 23.3 Å². The SMILES string of the molecule is O=C(Cc1csc(-c2ccccn2)n1)Nc1ccccc1N1CCCCC1. The molecule has 27 heavy (non-hydrogen) atoms. The number of rotatable bonds is 5. The summed E-state index contributed by atoms with van der Waals surface area (Å²) in [5.74, 6) is -0.0441. The van der Waals surface area contributed by atoms with Crippen molar-refractivity contribution in [2.45, 2.75) is 25.7 Å². The Morgan fingerprint density at radius 1 is 1.07 bits per heavy atom. The van der Waals surface area contributed by atoms with Crippen LogP contribution in [0.3, 0.4) is 0 Å². The molecule has 6 heteroatoms. The number of anilines is 2. The predicted octanol–water partition coefficient (Wildman–Crippen LogP) is 4.38. The number of nitrogens with zero attached hydrogens (tertiary/aromatic N) is 3. The van der Waals surface area contributed by atoms with E-state index in [4.69, 9.17) is 0 Å². The number of para-hydroxylation sites is 2. The maximum atomic E-state index is 12.6.